The molecule has 1 heterocycles. The molecule has 0 aromatic heterocycles. The minimum Gasteiger partial charge on any atom is -0.492 e. The van der Waals surface area contributed by atoms with Gasteiger partial charge in [0, 0.05) is 24.7 Å². The van der Waals surface area contributed by atoms with Crippen molar-refractivity contribution in [3.8, 4) is 5.75 Å². The molecule has 1 aromatic carbocycles. The summed E-state index contributed by atoms with van der Waals surface area (Å²) in [6, 6.07) is 7.82. The van der Waals surface area contributed by atoms with E-state index in [0.717, 1.165) is 17.7 Å². The van der Waals surface area contributed by atoms with Crippen LogP contribution in [0.3, 0.4) is 0 Å². The first-order chi connectivity index (χ1) is 9.52. The molecule has 0 aliphatic carbocycles. The van der Waals surface area contributed by atoms with Crippen LogP contribution in [0, 0.1) is 0 Å². The molecule has 0 amide bonds. The summed E-state index contributed by atoms with van der Waals surface area (Å²) in [7, 11) is -0.879. The van der Waals surface area contributed by atoms with Gasteiger partial charge < -0.3 is 10.5 Å². The van der Waals surface area contributed by atoms with E-state index in [-0.39, 0.29) is 11.8 Å². The fourth-order valence-electron chi connectivity index (χ4n) is 2.42. The third kappa shape index (κ3) is 3.94. The maximum atomic E-state index is 11.5. The summed E-state index contributed by atoms with van der Waals surface area (Å²) in [5.74, 6) is 1.38. The molecule has 5 nitrogen and oxygen atoms in total. The predicted molar refractivity (Wildman–Crippen MR) is 79.5 cm³/mol. The zero-order valence-corrected chi connectivity index (χ0v) is 12.6. The smallest absolute Gasteiger partial charge is 0.151 e. The quantitative estimate of drug-likeness (QED) is 0.834. The van der Waals surface area contributed by atoms with E-state index >= 15 is 0 Å². The summed E-state index contributed by atoms with van der Waals surface area (Å²) >= 11 is 0. The van der Waals surface area contributed by atoms with Crippen molar-refractivity contribution in [2.45, 2.75) is 19.0 Å². The topological polar surface area (TPSA) is 72.6 Å². The van der Waals surface area contributed by atoms with E-state index in [1.165, 1.54) is 0 Å². The maximum absolute atomic E-state index is 11.5. The molecule has 1 unspecified atom stereocenters. The second kappa shape index (κ2) is 6.56. The minimum atomic E-state index is -2.83. The van der Waals surface area contributed by atoms with Crippen molar-refractivity contribution in [2.75, 3.05) is 31.7 Å². The number of ether oxygens (including phenoxy) is 1. The highest BCUT2D eigenvalue weighted by Gasteiger charge is 2.30. The van der Waals surface area contributed by atoms with Crippen molar-refractivity contribution >= 4 is 9.84 Å². The summed E-state index contributed by atoms with van der Waals surface area (Å²) in [6.45, 7) is 1.69. The van der Waals surface area contributed by atoms with Crippen LogP contribution in [0.4, 0.5) is 0 Å². The molecule has 20 heavy (non-hydrogen) atoms. The molecule has 0 bridgehead atoms. The first kappa shape index (κ1) is 15.3. The third-order valence-electron chi connectivity index (χ3n) is 3.73. The highest BCUT2D eigenvalue weighted by atomic mass is 32.2. The van der Waals surface area contributed by atoms with Crippen molar-refractivity contribution in [3.05, 3.63) is 29.8 Å². The van der Waals surface area contributed by atoms with Gasteiger partial charge in [-0.05, 0) is 19.5 Å². The lowest BCUT2D eigenvalue weighted by molar-refractivity contribution is 0.201. The van der Waals surface area contributed by atoms with Gasteiger partial charge >= 0.3 is 0 Å². The number of para-hydroxylation sites is 1. The lowest BCUT2D eigenvalue weighted by Crippen LogP contribution is -2.35. The van der Waals surface area contributed by atoms with Gasteiger partial charge in [0.05, 0.1) is 11.5 Å². The van der Waals surface area contributed by atoms with Crippen LogP contribution in [0.15, 0.2) is 24.3 Å². The summed E-state index contributed by atoms with van der Waals surface area (Å²) < 4.78 is 28.6. The van der Waals surface area contributed by atoms with Gasteiger partial charge in [0.1, 0.15) is 12.4 Å². The van der Waals surface area contributed by atoms with Gasteiger partial charge in [0.2, 0.25) is 0 Å². The molecule has 1 aromatic rings. The molecule has 2 rings (SSSR count). The Bertz CT molecular complexity index is 545. The number of hydrogen-bond donors (Lipinski definition) is 1. The molecular weight excluding hydrogens is 276 g/mol. The fraction of sp³-hybridized carbons (Fsp3) is 0.571. The Morgan fingerprint density at radius 3 is 2.80 bits per heavy atom. The van der Waals surface area contributed by atoms with Gasteiger partial charge in [0.15, 0.2) is 9.84 Å². The molecule has 1 aliphatic rings. The van der Waals surface area contributed by atoms with Gasteiger partial charge in [-0.1, -0.05) is 18.2 Å². The molecule has 0 radical (unpaired) electrons. The van der Waals surface area contributed by atoms with E-state index in [9.17, 15) is 8.42 Å². The van der Waals surface area contributed by atoms with Crippen LogP contribution in [-0.2, 0) is 16.4 Å². The van der Waals surface area contributed by atoms with Crippen molar-refractivity contribution in [1.82, 2.24) is 4.90 Å². The van der Waals surface area contributed by atoms with Crippen molar-refractivity contribution in [3.63, 3.8) is 0 Å². The number of nitrogens with two attached hydrogens (primary N) is 1. The number of nitrogens with zero attached hydrogens (tertiary/aromatic N) is 1. The predicted octanol–water partition coefficient (Wildman–Crippen LogP) is 0.643. The number of hydrogen-bond acceptors (Lipinski definition) is 5. The monoisotopic (exact) mass is 298 g/mol. The molecule has 0 spiro atoms. The van der Waals surface area contributed by atoms with Gasteiger partial charge in [0.25, 0.3) is 0 Å². The van der Waals surface area contributed by atoms with Crippen LogP contribution in [0.2, 0.25) is 0 Å². The van der Waals surface area contributed by atoms with Crippen LogP contribution < -0.4 is 10.5 Å². The number of likely N-dealkylation sites (N-methyl/N-ethyl adjacent to an activating group) is 1. The van der Waals surface area contributed by atoms with Gasteiger partial charge in [-0.2, -0.15) is 0 Å². The van der Waals surface area contributed by atoms with Crippen LogP contribution in [0.25, 0.3) is 0 Å². The van der Waals surface area contributed by atoms with E-state index in [4.69, 9.17) is 10.5 Å². The Labute approximate surface area is 120 Å². The molecule has 112 valence electrons. The van der Waals surface area contributed by atoms with E-state index in [2.05, 4.69) is 4.90 Å². The summed E-state index contributed by atoms with van der Waals surface area (Å²) in [4.78, 5) is 2.07. The van der Waals surface area contributed by atoms with Crippen molar-refractivity contribution in [1.29, 1.82) is 0 Å². The largest absolute Gasteiger partial charge is 0.492 e. The van der Waals surface area contributed by atoms with E-state index in [1.54, 1.807) is 0 Å². The maximum Gasteiger partial charge on any atom is 0.151 e. The number of benzene rings is 1. The van der Waals surface area contributed by atoms with Gasteiger partial charge in [-0.15, -0.1) is 0 Å². The highest BCUT2D eigenvalue weighted by Crippen LogP contribution is 2.18. The Kier molecular flexibility index (Phi) is 5.01. The first-order valence-electron chi connectivity index (χ1n) is 6.83. The van der Waals surface area contributed by atoms with Crippen LogP contribution >= 0.6 is 0 Å². The normalized spacial score (nSPS) is 21.2. The standard InChI is InChI=1S/C14H22N2O3S/c1-16(13-6-9-20(17,18)11-13)7-8-19-14-5-3-2-4-12(14)10-15/h2-5,13H,6-11,15H2,1H3. The van der Waals surface area contributed by atoms with Crippen LogP contribution in [0.1, 0.15) is 12.0 Å². The average molecular weight is 298 g/mol. The van der Waals surface area contributed by atoms with Crippen LogP contribution in [0.5, 0.6) is 5.75 Å². The molecule has 1 aliphatic heterocycles. The van der Waals surface area contributed by atoms with Gasteiger partial charge in [-0.25, -0.2) is 8.42 Å². The number of rotatable bonds is 6. The SMILES string of the molecule is CN(CCOc1ccccc1CN)C1CCS(=O)(=O)C1. The Balaban J connectivity index is 1.81. The molecular formula is C14H22N2O3S. The molecule has 2 N–H and O–H groups in total. The minimum absolute atomic E-state index is 0.119. The second-order valence-corrected chi connectivity index (χ2v) is 7.43. The molecule has 1 atom stereocenters. The Hall–Kier alpha value is -1.11. The molecule has 6 heteroatoms. The average Bonchev–Trinajstić information content (AvgIpc) is 2.79. The second-order valence-electron chi connectivity index (χ2n) is 5.20. The Morgan fingerprint density at radius 2 is 2.15 bits per heavy atom. The summed E-state index contributed by atoms with van der Waals surface area (Å²) in [5.41, 5.74) is 6.64. The van der Waals surface area contributed by atoms with Gasteiger partial charge in [-0.3, -0.25) is 4.90 Å². The molecule has 0 saturated carbocycles. The Morgan fingerprint density at radius 1 is 1.40 bits per heavy atom. The highest BCUT2D eigenvalue weighted by molar-refractivity contribution is 7.91. The van der Waals surface area contributed by atoms with Crippen molar-refractivity contribution < 1.29 is 13.2 Å². The van der Waals surface area contributed by atoms with Crippen molar-refractivity contribution in [2.24, 2.45) is 5.73 Å². The summed E-state index contributed by atoms with van der Waals surface area (Å²) in [5, 5.41) is 0. The zero-order valence-electron chi connectivity index (χ0n) is 11.8. The zero-order chi connectivity index (χ0) is 14.6. The third-order valence-corrected chi connectivity index (χ3v) is 5.48. The molecule has 1 saturated heterocycles. The number of sulfone groups is 1. The summed E-state index contributed by atoms with van der Waals surface area (Å²) in [6.07, 6.45) is 0.720. The van der Waals surface area contributed by atoms with E-state index < -0.39 is 9.84 Å². The van der Waals surface area contributed by atoms with E-state index in [1.807, 2.05) is 31.3 Å². The van der Waals surface area contributed by atoms with E-state index in [0.29, 0.717) is 25.4 Å². The molecule has 1 fully saturated rings. The van der Waals surface area contributed by atoms with Crippen LogP contribution in [-0.4, -0.2) is 51.1 Å². The lowest BCUT2D eigenvalue weighted by Gasteiger charge is -2.23. The lowest BCUT2D eigenvalue weighted by atomic mass is 10.2. The first-order valence-corrected chi connectivity index (χ1v) is 8.65. The fourth-order valence-corrected chi connectivity index (χ4v) is 4.22.